The van der Waals surface area contributed by atoms with Crippen molar-refractivity contribution in [2.75, 3.05) is 6.54 Å². The maximum absolute atomic E-state index is 12.2. The maximum atomic E-state index is 12.2. The molecule has 21 heavy (non-hydrogen) atoms. The van der Waals surface area contributed by atoms with Crippen molar-refractivity contribution in [3.63, 3.8) is 0 Å². The lowest BCUT2D eigenvalue weighted by molar-refractivity contribution is -0.142. The lowest BCUT2D eigenvalue weighted by atomic mass is 9.66. The zero-order valence-electron chi connectivity index (χ0n) is 12.9. The fourth-order valence-electron chi connectivity index (χ4n) is 2.62. The number of carboxylic acids is 1. The average Bonchev–Trinajstić information content (AvgIpc) is 2.75. The summed E-state index contributed by atoms with van der Waals surface area (Å²) in [6.45, 7) is 2.17. The summed E-state index contributed by atoms with van der Waals surface area (Å²) in [4.78, 5) is 36.3. The summed E-state index contributed by atoms with van der Waals surface area (Å²) in [6, 6.07) is -1.09. The second kappa shape index (κ2) is 8.24. The van der Waals surface area contributed by atoms with Crippen molar-refractivity contribution in [3.05, 3.63) is 0 Å². The standard InChI is InChI=1S/C11H22B3N3O4/c1-6(18)2-3-8(11(20)21)15-10(19)9-4-7(16-14-12)5-17(9)13/h7-9,14,16H,2-5,12-13H2,1H3,(H,15,19)(H,20,21). The molecule has 1 amide bonds. The van der Waals surface area contributed by atoms with Crippen molar-refractivity contribution in [1.29, 1.82) is 0 Å². The first-order chi connectivity index (χ1) is 9.85. The van der Waals surface area contributed by atoms with Crippen molar-refractivity contribution >= 4 is 40.7 Å². The van der Waals surface area contributed by atoms with Gasteiger partial charge in [-0.3, -0.25) is 4.79 Å². The largest absolute Gasteiger partial charge is 0.480 e. The molecule has 3 atom stereocenters. The van der Waals surface area contributed by atoms with Crippen LogP contribution in [0.1, 0.15) is 26.2 Å². The molecular formula is C11H22B3N3O4. The van der Waals surface area contributed by atoms with E-state index in [0.717, 1.165) is 13.8 Å². The Hall–Kier alpha value is -1.28. The molecule has 1 fully saturated rings. The Morgan fingerprint density at radius 2 is 2.14 bits per heavy atom. The molecular weight excluding hydrogens is 271 g/mol. The van der Waals surface area contributed by atoms with Gasteiger partial charge in [0.2, 0.25) is 5.91 Å². The summed E-state index contributed by atoms with van der Waals surface area (Å²) in [5.41, 5.74) is 0. The highest BCUT2D eigenvalue weighted by Crippen LogP contribution is 2.15. The third-order valence-corrected chi connectivity index (χ3v) is 3.74. The van der Waals surface area contributed by atoms with Crippen LogP contribution in [0.2, 0.25) is 0 Å². The number of rotatable bonds is 8. The van der Waals surface area contributed by atoms with Crippen LogP contribution in [-0.4, -0.2) is 75.3 Å². The monoisotopic (exact) mass is 293 g/mol. The summed E-state index contributed by atoms with van der Waals surface area (Å²) < 4.78 is 0. The molecule has 1 heterocycles. The number of carbonyl (C=O) groups is 3. The van der Waals surface area contributed by atoms with Crippen molar-refractivity contribution in [2.24, 2.45) is 0 Å². The number of aliphatic carboxylic acids is 1. The van der Waals surface area contributed by atoms with Crippen LogP contribution in [0, 0.1) is 0 Å². The Labute approximate surface area is 127 Å². The molecule has 3 unspecified atom stereocenters. The van der Waals surface area contributed by atoms with E-state index < -0.39 is 12.0 Å². The minimum absolute atomic E-state index is 0.0827. The van der Waals surface area contributed by atoms with Gasteiger partial charge < -0.3 is 25.3 Å². The molecule has 0 aromatic carbocycles. The van der Waals surface area contributed by atoms with Crippen LogP contribution in [0.4, 0.5) is 0 Å². The van der Waals surface area contributed by atoms with E-state index in [9.17, 15) is 14.4 Å². The van der Waals surface area contributed by atoms with E-state index in [1.165, 1.54) is 6.92 Å². The molecule has 0 radical (unpaired) electrons. The summed E-state index contributed by atoms with van der Waals surface area (Å²) in [7, 11) is 4.70. The number of Topliss-reactive ketones (excluding diaryl/α,β-unsaturated/α-hetero) is 1. The highest BCUT2D eigenvalue weighted by atomic mass is 16.4. The zero-order valence-corrected chi connectivity index (χ0v) is 12.9. The van der Waals surface area contributed by atoms with E-state index in [1.807, 2.05) is 20.5 Å². The Kier molecular flexibility index (Phi) is 6.97. The molecule has 1 rings (SSSR count). The van der Waals surface area contributed by atoms with Crippen LogP contribution in [0.5, 0.6) is 0 Å². The summed E-state index contributed by atoms with van der Waals surface area (Å²) in [5.74, 6) is -1.47. The molecule has 0 saturated carbocycles. The van der Waals surface area contributed by atoms with Gasteiger partial charge in [-0.15, -0.1) is 0 Å². The predicted molar refractivity (Wildman–Crippen MR) is 85.8 cm³/mol. The first-order valence-corrected chi connectivity index (χ1v) is 7.31. The van der Waals surface area contributed by atoms with Crippen molar-refractivity contribution in [3.8, 4) is 0 Å². The number of ketones is 1. The minimum atomic E-state index is -1.10. The van der Waals surface area contributed by atoms with Crippen LogP contribution in [0.15, 0.2) is 0 Å². The molecule has 1 aliphatic rings. The first-order valence-electron chi connectivity index (χ1n) is 7.31. The number of carbonyl (C=O) groups excluding carboxylic acids is 2. The molecule has 0 aromatic rings. The Bertz CT molecular complexity index is 410. The Balaban J connectivity index is 2.56. The highest BCUT2D eigenvalue weighted by Gasteiger charge is 2.35. The van der Waals surface area contributed by atoms with Crippen molar-refractivity contribution in [1.82, 2.24) is 15.4 Å². The molecule has 0 bridgehead atoms. The molecule has 7 nitrogen and oxygen atoms in total. The molecule has 0 spiro atoms. The number of nitrogens with one attached hydrogen (secondary N) is 2. The van der Waals surface area contributed by atoms with Gasteiger partial charge in [-0.1, -0.05) is 0 Å². The average molecular weight is 293 g/mol. The molecule has 10 heteroatoms. The quantitative estimate of drug-likeness (QED) is 0.400. The lowest BCUT2D eigenvalue weighted by Gasteiger charge is -2.21. The summed E-state index contributed by atoms with van der Waals surface area (Å²) in [5, 5.41) is 15.0. The third-order valence-electron chi connectivity index (χ3n) is 3.74. The van der Waals surface area contributed by atoms with Crippen LogP contribution in [-0.2, 0) is 14.4 Å². The van der Waals surface area contributed by atoms with E-state index >= 15 is 0 Å². The van der Waals surface area contributed by atoms with Crippen LogP contribution < -0.4 is 10.5 Å². The highest BCUT2D eigenvalue weighted by molar-refractivity contribution is 6.87. The van der Waals surface area contributed by atoms with Crippen molar-refractivity contribution < 1.29 is 19.5 Å². The van der Waals surface area contributed by atoms with Gasteiger partial charge in [-0.05, 0) is 19.8 Å². The molecule has 1 aliphatic heterocycles. The SMILES string of the molecule is BBNC1CC(C(=O)NC(CCC(C)=O)C(=O)O)N(B)C1. The van der Waals surface area contributed by atoms with E-state index in [2.05, 4.69) is 10.5 Å². The van der Waals surface area contributed by atoms with Crippen LogP contribution in [0.25, 0.3) is 0 Å². The van der Waals surface area contributed by atoms with Gasteiger partial charge >= 0.3 is 5.97 Å². The fourth-order valence-corrected chi connectivity index (χ4v) is 2.62. The van der Waals surface area contributed by atoms with Gasteiger partial charge in [0.25, 0.3) is 0 Å². The maximum Gasteiger partial charge on any atom is 0.326 e. The normalized spacial score (nSPS) is 23.5. The smallest absolute Gasteiger partial charge is 0.326 e. The molecule has 0 aliphatic carbocycles. The second-order valence-corrected chi connectivity index (χ2v) is 5.59. The van der Waals surface area contributed by atoms with Gasteiger partial charge in [-0.2, -0.15) is 0 Å². The van der Waals surface area contributed by atoms with E-state index in [0.29, 0.717) is 6.42 Å². The predicted octanol–water partition coefficient (Wildman–Crippen LogP) is -3.59. The Morgan fingerprint density at radius 3 is 2.67 bits per heavy atom. The van der Waals surface area contributed by atoms with E-state index in [-0.39, 0.29) is 36.6 Å². The third kappa shape index (κ3) is 5.55. The van der Waals surface area contributed by atoms with E-state index in [1.54, 1.807) is 0 Å². The van der Waals surface area contributed by atoms with Crippen LogP contribution >= 0.6 is 0 Å². The molecule has 0 aromatic heterocycles. The molecule has 3 N–H and O–H groups in total. The van der Waals surface area contributed by atoms with Crippen molar-refractivity contribution in [2.45, 2.75) is 44.3 Å². The van der Waals surface area contributed by atoms with E-state index in [4.69, 9.17) is 5.11 Å². The number of nitrogens with zero attached hydrogens (tertiary/aromatic N) is 1. The Morgan fingerprint density at radius 1 is 1.48 bits per heavy atom. The van der Waals surface area contributed by atoms with Gasteiger partial charge in [0, 0.05) is 19.0 Å². The van der Waals surface area contributed by atoms with Gasteiger partial charge in [0.15, 0.2) is 15.3 Å². The summed E-state index contributed by atoms with van der Waals surface area (Å²) >= 11 is 0. The number of carboxylic acid groups (broad SMARTS) is 1. The molecule has 1 saturated heterocycles. The minimum Gasteiger partial charge on any atom is -0.480 e. The topological polar surface area (TPSA) is 98.7 Å². The number of amides is 1. The van der Waals surface area contributed by atoms with Gasteiger partial charge in [0.05, 0.1) is 13.8 Å². The van der Waals surface area contributed by atoms with Gasteiger partial charge in [-0.25, -0.2) is 4.79 Å². The first kappa shape index (κ1) is 17.8. The second-order valence-electron chi connectivity index (χ2n) is 5.59. The summed E-state index contributed by atoms with van der Waals surface area (Å²) in [6.07, 6.45) is 0.941. The fraction of sp³-hybridized carbons (Fsp3) is 0.727. The van der Waals surface area contributed by atoms with Gasteiger partial charge in [0.1, 0.15) is 11.8 Å². The number of hydrogen-bond acceptors (Lipinski definition) is 5. The zero-order chi connectivity index (χ0) is 16.0. The molecule has 114 valence electrons. The van der Waals surface area contributed by atoms with Crippen LogP contribution in [0.3, 0.4) is 0 Å². The number of hydrogen-bond donors (Lipinski definition) is 3. The lowest BCUT2D eigenvalue weighted by Crippen LogP contribution is -2.49.